The molecule has 34 heavy (non-hydrogen) atoms. The lowest BCUT2D eigenvalue weighted by atomic mass is 10.1. The summed E-state index contributed by atoms with van der Waals surface area (Å²) in [5.74, 6) is -0.429. The van der Waals surface area contributed by atoms with Gasteiger partial charge in [-0.3, -0.25) is 0 Å². The van der Waals surface area contributed by atoms with E-state index in [4.69, 9.17) is 4.74 Å². The number of carbonyl (C=O) groups is 1. The van der Waals surface area contributed by atoms with E-state index in [0.29, 0.717) is 0 Å². The average molecular weight is 501 g/mol. The van der Waals surface area contributed by atoms with Crippen LogP contribution in [0.1, 0.15) is 18.6 Å². The summed E-state index contributed by atoms with van der Waals surface area (Å²) in [6.07, 6.45) is 0.781. The monoisotopic (exact) mass is 500 g/mol. The number of carbonyl (C=O) groups excluding carboxylic acids is 1. The molecule has 4 aromatic carbocycles. The highest BCUT2D eigenvalue weighted by molar-refractivity contribution is 8.01. The first-order chi connectivity index (χ1) is 16.6. The topological polar surface area (TPSA) is 26.3 Å². The fourth-order valence-electron chi connectivity index (χ4n) is 3.34. The van der Waals surface area contributed by atoms with Crippen LogP contribution in [0, 0.1) is 0 Å². The van der Waals surface area contributed by atoms with Crippen molar-refractivity contribution in [2.45, 2.75) is 42.4 Å². The van der Waals surface area contributed by atoms with Crippen molar-refractivity contribution >= 4 is 41.3 Å². The molecule has 0 heterocycles. The van der Waals surface area contributed by atoms with E-state index in [1.165, 1.54) is 11.0 Å². The van der Waals surface area contributed by atoms with Crippen molar-refractivity contribution in [1.82, 2.24) is 0 Å². The fourth-order valence-corrected chi connectivity index (χ4v) is 6.71. The highest BCUT2D eigenvalue weighted by atomic mass is 32.2. The third-order valence-electron chi connectivity index (χ3n) is 4.86. The van der Waals surface area contributed by atoms with Gasteiger partial charge in [-0.15, -0.1) is 0 Å². The van der Waals surface area contributed by atoms with Crippen molar-refractivity contribution in [2.75, 3.05) is 0 Å². The Kier molecular flexibility index (Phi) is 8.58. The quantitative estimate of drug-likeness (QED) is 0.169. The van der Waals surface area contributed by atoms with Crippen LogP contribution >= 0.6 is 35.3 Å². The fraction of sp³-hybridized carbons (Fsp3) is 0.0690. The van der Waals surface area contributed by atoms with Crippen LogP contribution in [0.5, 0.6) is 0 Å². The molecule has 170 valence electrons. The molecule has 0 aromatic heterocycles. The van der Waals surface area contributed by atoms with Gasteiger partial charge in [-0.1, -0.05) is 96.5 Å². The molecule has 0 saturated heterocycles. The molecule has 2 nitrogen and oxygen atoms in total. The summed E-state index contributed by atoms with van der Waals surface area (Å²) in [5, 5.41) is 0. The van der Waals surface area contributed by atoms with Gasteiger partial charge in [0.2, 0.25) is 0 Å². The molecular weight excluding hydrogens is 477 g/mol. The Labute approximate surface area is 213 Å². The molecule has 0 radical (unpaired) electrons. The number of ether oxygens (including phenoxy) is 1. The molecule has 0 aliphatic heterocycles. The van der Waals surface area contributed by atoms with Crippen molar-refractivity contribution in [1.29, 1.82) is 0 Å². The Balaban J connectivity index is 1.82. The number of hydrogen-bond acceptors (Lipinski definition) is 5. The predicted molar refractivity (Wildman–Crippen MR) is 143 cm³/mol. The maximum Gasteiger partial charge on any atom is 0.330 e. The zero-order chi connectivity index (χ0) is 23.8. The van der Waals surface area contributed by atoms with Gasteiger partial charge in [-0.25, -0.2) is 4.79 Å². The summed E-state index contributed by atoms with van der Waals surface area (Å²) in [5.41, 5.74) is 0.996. The molecule has 1 atom stereocenters. The second kappa shape index (κ2) is 12.0. The van der Waals surface area contributed by atoms with Gasteiger partial charge in [0.1, 0.15) is 6.10 Å². The zero-order valence-electron chi connectivity index (χ0n) is 18.7. The molecule has 0 saturated carbocycles. The molecule has 1 unspecified atom stereocenters. The number of benzene rings is 4. The van der Waals surface area contributed by atoms with Crippen molar-refractivity contribution < 1.29 is 9.53 Å². The van der Waals surface area contributed by atoms with Gasteiger partial charge in [-0.05, 0) is 55.5 Å². The first-order valence-electron chi connectivity index (χ1n) is 10.8. The van der Waals surface area contributed by atoms with Crippen LogP contribution in [0.4, 0.5) is 0 Å². The average Bonchev–Trinajstić information content (AvgIpc) is 2.85. The smallest absolute Gasteiger partial charge is 0.330 e. The highest BCUT2D eigenvalue weighted by Gasteiger charge is 2.22. The second-order valence-corrected chi connectivity index (χ2v) is 10.7. The Bertz CT molecular complexity index is 1180. The van der Waals surface area contributed by atoms with Crippen LogP contribution < -0.4 is 0 Å². The van der Waals surface area contributed by atoms with Crippen LogP contribution in [0.2, 0.25) is 0 Å². The molecule has 0 spiro atoms. The van der Waals surface area contributed by atoms with E-state index < -0.39 is 12.1 Å². The summed E-state index contributed by atoms with van der Waals surface area (Å²) in [7, 11) is 0. The summed E-state index contributed by atoms with van der Waals surface area (Å²) in [4.78, 5) is 18.8. The number of rotatable bonds is 9. The van der Waals surface area contributed by atoms with Gasteiger partial charge in [0.25, 0.3) is 0 Å². The van der Waals surface area contributed by atoms with Gasteiger partial charge in [0.05, 0.1) is 0 Å². The van der Waals surface area contributed by atoms with E-state index in [-0.39, 0.29) is 0 Å². The molecule has 0 aliphatic carbocycles. The van der Waals surface area contributed by atoms with E-state index >= 15 is 0 Å². The van der Waals surface area contributed by atoms with E-state index in [0.717, 1.165) is 30.0 Å². The zero-order valence-corrected chi connectivity index (χ0v) is 21.2. The number of hydrogen-bond donors (Lipinski definition) is 0. The first kappa shape index (κ1) is 24.3. The molecule has 0 aliphatic rings. The highest BCUT2D eigenvalue weighted by Crippen LogP contribution is 2.45. The third-order valence-corrected chi connectivity index (χ3v) is 7.98. The van der Waals surface area contributed by atoms with Gasteiger partial charge in [0.15, 0.2) is 0 Å². The van der Waals surface area contributed by atoms with Crippen molar-refractivity contribution in [2.24, 2.45) is 0 Å². The molecule has 0 amide bonds. The molecule has 4 aromatic rings. The van der Waals surface area contributed by atoms with E-state index in [2.05, 4.69) is 55.1 Å². The maximum atomic E-state index is 12.1. The first-order valence-corrected chi connectivity index (χ1v) is 13.3. The van der Waals surface area contributed by atoms with Crippen LogP contribution in [0.3, 0.4) is 0 Å². The minimum absolute atomic E-state index is 0.429. The summed E-state index contributed by atoms with van der Waals surface area (Å²) < 4.78 is 5.71. The lowest BCUT2D eigenvalue weighted by molar-refractivity contribution is -0.142. The van der Waals surface area contributed by atoms with Crippen LogP contribution in [0.25, 0.3) is 0 Å². The van der Waals surface area contributed by atoms with E-state index in [9.17, 15) is 4.79 Å². The standard InChI is InChI=1S/C29H24O2S3/c1-3-28(30)31-21(2)29-26(33-23-15-9-5-10-16-23)19-25(32-22-13-7-4-8-14-22)20-27(29)34-24-17-11-6-12-18-24/h3-21H,1H2,2H3. The summed E-state index contributed by atoms with van der Waals surface area (Å²) >= 11 is 5.09. The predicted octanol–water partition coefficient (Wildman–Crippen LogP) is 8.93. The SMILES string of the molecule is C=CC(=O)OC(C)c1c(Sc2ccccc2)cc(Sc2ccccc2)cc1Sc1ccccc1. The molecule has 0 fully saturated rings. The summed E-state index contributed by atoms with van der Waals surface area (Å²) in [6.45, 7) is 5.48. The Morgan fingerprint density at radius 2 is 1.12 bits per heavy atom. The summed E-state index contributed by atoms with van der Waals surface area (Å²) in [6, 6.07) is 35.3. The third kappa shape index (κ3) is 6.60. The Morgan fingerprint density at radius 1 is 0.706 bits per heavy atom. The second-order valence-electron chi connectivity index (χ2n) is 7.36. The van der Waals surface area contributed by atoms with Crippen LogP contribution in [-0.4, -0.2) is 5.97 Å². The maximum absolute atomic E-state index is 12.1. The van der Waals surface area contributed by atoms with Crippen molar-refractivity contribution in [3.8, 4) is 0 Å². The van der Waals surface area contributed by atoms with Crippen LogP contribution in [0.15, 0.2) is 145 Å². The Morgan fingerprint density at radius 3 is 1.53 bits per heavy atom. The molecule has 0 bridgehead atoms. The van der Waals surface area contributed by atoms with Gasteiger partial charge in [-0.2, -0.15) is 0 Å². The van der Waals surface area contributed by atoms with Gasteiger partial charge in [0, 0.05) is 41.0 Å². The largest absolute Gasteiger partial charge is 0.455 e. The minimum Gasteiger partial charge on any atom is -0.455 e. The molecule has 0 N–H and O–H groups in total. The molecule has 4 rings (SSSR count). The normalized spacial score (nSPS) is 11.6. The van der Waals surface area contributed by atoms with E-state index in [1.54, 1.807) is 35.3 Å². The minimum atomic E-state index is -0.432. The number of esters is 1. The lowest BCUT2D eigenvalue weighted by Crippen LogP contribution is -2.08. The Hall–Kier alpha value is -2.86. The van der Waals surface area contributed by atoms with E-state index in [1.807, 2.05) is 61.5 Å². The van der Waals surface area contributed by atoms with Crippen molar-refractivity contribution in [3.63, 3.8) is 0 Å². The molecular formula is C29H24O2S3. The van der Waals surface area contributed by atoms with Crippen molar-refractivity contribution in [3.05, 3.63) is 121 Å². The van der Waals surface area contributed by atoms with Gasteiger partial charge >= 0.3 is 5.97 Å². The lowest BCUT2D eigenvalue weighted by Gasteiger charge is -2.21. The van der Waals surface area contributed by atoms with Gasteiger partial charge < -0.3 is 4.74 Å². The van der Waals surface area contributed by atoms with Crippen LogP contribution in [-0.2, 0) is 9.53 Å². The molecule has 5 heteroatoms.